The highest BCUT2D eigenvalue weighted by atomic mass is 16.2. The zero-order chi connectivity index (χ0) is 14.5. The monoisotopic (exact) mass is 271 g/mol. The van der Waals surface area contributed by atoms with Gasteiger partial charge in [-0.1, -0.05) is 0 Å². The Kier molecular flexibility index (Phi) is 4.05. The molecule has 1 N–H and O–H groups in total. The summed E-state index contributed by atoms with van der Waals surface area (Å²) in [6.07, 6.45) is 2.68. The third kappa shape index (κ3) is 3.38. The number of ketones is 1. The summed E-state index contributed by atoms with van der Waals surface area (Å²) < 4.78 is 1.21. The second-order valence-electron chi connectivity index (χ2n) is 4.23. The van der Waals surface area contributed by atoms with Crippen LogP contribution in [0.15, 0.2) is 47.7 Å². The molecule has 0 spiro atoms. The van der Waals surface area contributed by atoms with Crippen molar-refractivity contribution >= 4 is 17.4 Å². The van der Waals surface area contributed by atoms with Crippen LogP contribution in [-0.2, 0) is 11.3 Å². The topological polar surface area (TPSA) is 81.1 Å². The van der Waals surface area contributed by atoms with Gasteiger partial charge in [0.15, 0.2) is 5.78 Å². The number of benzene rings is 1. The van der Waals surface area contributed by atoms with Crippen LogP contribution in [0.1, 0.15) is 17.3 Å². The number of amides is 1. The van der Waals surface area contributed by atoms with E-state index in [4.69, 9.17) is 0 Å². The van der Waals surface area contributed by atoms with Gasteiger partial charge in [0, 0.05) is 23.5 Å². The molecule has 0 atom stereocenters. The van der Waals surface area contributed by atoms with Crippen LogP contribution in [0.3, 0.4) is 0 Å². The Morgan fingerprint density at radius 3 is 2.50 bits per heavy atom. The van der Waals surface area contributed by atoms with E-state index in [2.05, 4.69) is 10.3 Å². The Bertz CT molecular complexity index is 689. The minimum atomic E-state index is -0.337. The first-order valence-electron chi connectivity index (χ1n) is 5.97. The fourth-order valence-corrected chi connectivity index (χ4v) is 1.64. The lowest BCUT2D eigenvalue weighted by atomic mass is 10.1. The van der Waals surface area contributed by atoms with Gasteiger partial charge in [-0.15, -0.1) is 0 Å². The molecule has 20 heavy (non-hydrogen) atoms. The average molecular weight is 271 g/mol. The molecule has 1 aromatic carbocycles. The quantitative estimate of drug-likeness (QED) is 0.844. The predicted octanol–water partition coefficient (Wildman–Crippen LogP) is 1.08. The molecule has 0 saturated heterocycles. The SMILES string of the molecule is CC(=O)c1ccc(NC(=O)Cn2cnccc2=O)cc1. The van der Waals surface area contributed by atoms with Gasteiger partial charge in [0.05, 0.1) is 6.33 Å². The lowest BCUT2D eigenvalue weighted by Crippen LogP contribution is -2.26. The van der Waals surface area contributed by atoms with Gasteiger partial charge in [-0.05, 0) is 31.2 Å². The average Bonchev–Trinajstić information content (AvgIpc) is 2.42. The number of carbonyl (C=O) groups is 2. The van der Waals surface area contributed by atoms with Crippen LogP contribution in [0, 0.1) is 0 Å². The zero-order valence-corrected chi connectivity index (χ0v) is 10.9. The summed E-state index contributed by atoms with van der Waals surface area (Å²) in [5.74, 6) is -0.375. The molecule has 0 radical (unpaired) electrons. The largest absolute Gasteiger partial charge is 0.325 e. The number of nitrogens with zero attached hydrogens (tertiary/aromatic N) is 2. The second kappa shape index (κ2) is 5.92. The van der Waals surface area contributed by atoms with Crippen molar-refractivity contribution < 1.29 is 9.59 Å². The molecule has 0 saturated carbocycles. The number of hydrogen-bond donors (Lipinski definition) is 1. The fourth-order valence-electron chi connectivity index (χ4n) is 1.64. The Balaban J connectivity index is 2.03. The van der Waals surface area contributed by atoms with Crippen molar-refractivity contribution in [3.8, 4) is 0 Å². The maximum Gasteiger partial charge on any atom is 0.253 e. The zero-order valence-electron chi connectivity index (χ0n) is 10.9. The van der Waals surface area contributed by atoms with Gasteiger partial charge in [0.2, 0.25) is 5.91 Å². The smallest absolute Gasteiger partial charge is 0.253 e. The van der Waals surface area contributed by atoms with Gasteiger partial charge in [-0.2, -0.15) is 0 Å². The lowest BCUT2D eigenvalue weighted by Gasteiger charge is -2.07. The van der Waals surface area contributed by atoms with E-state index in [1.807, 2.05) is 0 Å². The molecule has 0 unspecified atom stereocenters. The summed E-state index contributed by atoms with van der Waals surface area (Å²) in [4.78, 5) is 38.1. The molecule has 1 heterocycles. The van der Waals surface area contributed by atoms with E-state index < -0.39 is 0 Å². The van der Waals surface area contributed by atoms with Crippen molar-refractivity contribution in [2.75, 3.05) is 5.32 Å². The first-order chi connectivity index (χ1) is 9.56. The van der Waals surface area contributed by atoms with E-state index in [1.54, 1.807) is 24.3 Å². The number of anilines is 1. The fraction of sp³-hybridized carbons (Fsp3) is 0.143. The number of Topliss-reactive ketones (excluding diaryl/α,β-unsaturated/α-hetero) is 1. The molecular weight excluding hydrogens is 258 g/mol. The van der Waals surface area contributed by atoms with Crippen LogP contribution < -0.4 is 10.9 Å². The van der Waals surface area contributed by atoms with Crippen molar-refractivity contribution in [1.82, 2.24) is 9.55 Å². The third-order valence-corrected chi connectivity index (χ3v) is 2.68. The van der Waals surface area contributed by atoms with Gasteiger partial charge in [0.25, 0.3) is 5.56 Å². The molecule has 1 amide bonds. The summed E-state index contributed by atoms with van der Waals surface area (Å²) in [5, 5.41) is 2.65. The molecule has 6 heteroatoms. The molecule has 0 bridgehead atoms. The van der Waals surface area contributed by atoms with E-state index in [1.165, 1.54) is 30.1 Å². The van der Waals surface area contributed by atoms with Crippen LogP contribution in [0.25, 0.3) is 0 Å². The maximum atomic E-state index is 11.8. The van der Waals surface area contributed by atoms with Crippen LogP contribution in [0.5, 0.6) is 0 Å². The molecule has 102 valence electrons. The molecule has 1 aromatic heterocycles. The Hall–Kier alpha value is -2.76. The normalized spacial score (nSPS) is 10.1. The van der Waals surface area contributed by atoms with Gasteiger partial charge in [-0.25, -0.2) is 4.98 Å². The van der Waals surface area contributed by atoms with Gasteiger partial charge >= 0.3 is 0 Å². The second-order valence-corrected chi connectivity index (χ2v) is 4.23. The van der Waals surface area contributed by atoms with Crippen molar-refractivity contribution in [3.63, 3.8) is 0 Å². The van der Waals surface area contributed by atoms with Gasteiger partial charge in [-0.3, -0.25) is 19.0 Å². The Labute approximate surface area is 115 Å². The molecular formula is C14H13N3O3. The lowest BCUT2D eigenvalue weighted by molar-refractivity contribution is -0.116. The molecule has 0 fully saturated rings. The van der Waals surface area contributed by atoms with Crippen molar-refractivity contribution in [2.45, 2.75) is 13.5 Å². The molecule has 0 aliphatic rings. The molecule has 0 aliphatic heterocycles. The van der Waals surface area contributed by atoms with Crippen LogP contribution in [-0.4, -0.2) is 21.2 Å². The predicted molar refractivity (Wildman–Crippen MR) is 73.6 cm³/mol. The first kappa shape index (κ1) is 13.7. The number of carbonyl (C=O) groups excluding carboxylic acids is 2. The van der Waals surface area contributed by atoms with E-state index in [0.29, 0.717) is 11.3 Å². The third-order valence-electron chi connectivity index (χ3n) is 2.68. The highest BCUT2D eigenvalue weighted by molar-refractivity contribution is 5.95. The standard InChI is InChI=1S/C14H13N3O3/c1-10(18)11-2-4-12(5-3-11)16-13(19)8-17-9-15-7-6-14(17)20/h2-7,9H,8H2,1H3,(H,16,19). The van der Waals surface area contributed by atoms with Crippen LogP contribution >= 0.6 is 0 Å². The molecule has 0 aliphatic carbocycles. The maximum absolute atomic E-state index is 11.8. The minimum Gasteiger partial charge on any atom is -0.325 e. The summed E-state index contributed by atoms with van der Waals surface area (Å²) in [6.45, 7) is 1.36. The number of rotatable bonds is 4. The first-order valence-corrected chi connectivity index (χ1v) is 5.97. The van der Waals surface area contributed by atoms with E-state index in [-0.39, 0.29) is 23.8 Å². The summed E-state index contributed by atoms with van der Waals surface area (Å²) in [7, 11) is 0. The van der Waals surface area contributed by atoms with E-state index in [9.17, 15) is 14.4 Å². The van der Waals surface area contributed by atoms with Crippen LogP contribution in [0.4, 0.5) is 5.69 Å². The summed E-state index contributed by atoms with van der Waals surface area (Å²) >= 11 is 0. The van der Waals surface area contributed by atoms with Crippen molar-refractivity contribution in [3.05, 3.63) is 58.8 Å². The van der Waals surface area contributed by atoms with Gasteiger partial charge in [0.1, 0.15) is 6.54 Å². The Morgan fingerprint density at radius 2 is 1.90 bits per heavy atom. The van der Waals surface area contributed by atoms with Gasteiger partial charge < -0.3 is 5.32 Å². The molecule has 2 aromatic rings. The van der Waals surface area contributed by atoms with Crippen molar-refractivity contribution in [2.24, 2.45) is 0 Å². The van der Waals surface area contributed by atoms with E-state index >= 15 is 0 Å². The number of nitrogens with one attached hydrogen (secondary N) is 1. The minimum absolute atomic E-state index is 0.0372. The Morgan fingerprint density at radius 1 is 1.20 bits per heavy atom. The molecule has 6 nitrogen and oxygen atoms in total. The van der Waals surface area contributed by atoms with Crippen LogP contribution in [0.2, 0.25) is 0 Å². The van der Waals surface area contributed by atoms with E-state index in [0.717, 1.165) is 0 Å². The highest BCUT2D eigenvalue weighted by Gasteiger charge is 2.05. The number of aromatic nitrogens is 2. The molecule has 2 rings (SSSR count). The summed E-state index contributed by atoms with van der Waals surface area (Å²) in [6, 6.07) is 7.83. The number of hydrogen-bond acceptors (Lipinski definition) is 4. The van der Waals surface area contributed by atoms with Crippen molar-refractivity contribution in [1.29, 1.82) is 0 Å². The highest BCUT2D eigenvalue weighted by Crippen LogP contribution is 2.09. The summed E-state index contributed by atoms with van der Waals surface area (Å²) in [5.41, 5.74) is 0.852.